The van der Waals surface area contributed by atoms with Crippen LogP contribution in [0.1, 0.15) is 11.3 Å². The summed E-state index contributed by atoms with van der Waals surface area (Å²) in [5.74, 6) is 6.05. The molecule has 17 heavy (non-hydrogen) atoms. The number of aromatic nitrogens is 2. The van der Waals surface area contributed by atoms with Gasteiger partial charge in [0.15, 0.2) is 5.00 Å². The molecule has 0 aliphatic heterocycles. The summed E-state index contributed by atoms with van der Waals surface area (Å²) in [5, 5.41) is 5.34. The molecule has 0 bridgehead atoms. The molecule has 0 aliphatic rings. The van der Waals surface area contributed by atoms with Gasteiger partial charge in [0.25, 0.3) is 0 Å². The Morgan fingerprint density at radius 2 is 2.35 bits per heavy atom. The first-order valence-electron chi connectivity index (χ1n) is 4.87. The van der Waals surface area contributed by atoms with Gasteiger partial charge in [0.2, 0.25) is 0 Å². The third-order valence-corrected chi connectivity index (χ3v) is 3.32. The third-order valence-electron chi connectivity index (χ3n) is 2.19. The summed E-state index contributed by atoms with van der Waals surface area (Å²) in [7, 11) is 0. The summed E-state index contributed by atoms with van der Waals surface area (Å²) in [4.78, 5) is 0. The zero-order valence-corrected chi connectivity index (χ0v) is 10.7. The lowest BCUT2D eigenvalue weighted by Gasteiger charge is -2.06. The van der Waals surface area contributed by atoms with Crippen LogP contribution in [-0.4, -0.2) is 9.59 Å². The van der Waals surface area contributed by atoms with Crippen LogP contribution in [0.4, 0.5) is 5.00 Å². The van der Waals surface area contributed by atoms with Crippen molar-refractivity contribution in [2.24, 2.45) is 5.84 Å². The van der Waals surface area contributed by atoms with Gasteiger partial charge in [-0.1, -0.05) is 16.1 Å². The molecule has 0 amide bonds. The van der Waals surface area contributed by atoms with E-state index in [1.165, 1.54) is 11.5 Å². The van der Waals surface area contributed by atoms with E-state index >= 15 is 0 Å². The molecule has 2 aromatic rings. The van der Waals surface area contributed by atoms with Gasteiger partial charge in [-0.3, -0.25) is 0 Å². The van der Waals surface area contributed by atoms with E-state index in [1.807, 2.05) is 19.1 Å². The highest BCUT2D eigenvalue weighted by atomic mass is 35.5. The van der Waals surface area contributed by atoms with Crippen LogP contribution in [0.15, 0.2) is 18.2 Å². The van der Waals surface area contributed by atoms with Gasteiger partial charge in [-0.25, -0.2) is 5.84 Å². The molecule has 1 aromatic heterocycles. The number of benzene rings is 1. The fraction of sp³-hybridized carbons (Fsp3) is 0.200. The number of nitrogens with two attached hydrogens (primary N) is 1. The van der Waals surface area contributed by atoms with E-state index in [1.54, 1.807) is 6.07 Å². The Hall–Kier alpha value is -1.37. The number of nitrogens with zero attached hydrogens (tertiary/aromatic N) is 2. The van der Waals surface area contributed by atoms with E-state index in [0.29, 0.717) is 17.3 Å². The third kappa shape index (κ3) is 2.85. The summed E-state index contributed by atoms with van der Waals surface area (Å²) in [6.07, 6.45) is 0. The Bertz CT molecular complexity index is 517. The van der Waals surface area contributed by atoms with E-state index in [4.69, 9.17) is 22.2 Å². The summed E-state index contributed by atoms with van der Waals surface area (Å²) in [6, 6.07) is 5.48. The zero-order chi connectivity index (χ0) is 12.3. The maximum absolute atomic E-state index is 5.93. The largest absolute Gasteiger partial charge is 0.487 e. The summed E-state index contributed by atoms with van der Waals surface area (Å²) >= 11 is 7.12. The Labute approximate surface area is 108 Å². The number of aryl methyl sites for hydroxylation is 1. The average Bonchev–Trinajstić information content (AvgIpc) is 2.78. The molecule has 1 heterocycles. The molecule has 90 valence electrons. The van der Waals surface area contributed by atoms with Crippen LogP contribution in [-0.2, 0) is 6.61 Å². The van der Waals surface area contributed by atoms with Gasteiger partial charge in [0.05, 0.1) is 0 Å². The van der Waals surface area contributed by atoms with E-state index in [9.17, 15) is 0 Å². The standard InChI is InChI=1S/C10H11ClN4OS/c1-6-4-7(2-3-8(6)11)16-5-9-10(13-12)17-15-14-9/h2-4,13H,5,12H2,1H3. The highest BCUT2D eigenvalue weighted by Gasteiger charge is 2.07. The van der Waals surface area contributed by atoms with Gasteiger partial charge >= 0.3 is 0 Å². The van der Waals surface area contributed by atoms with E-state index in [-0.39, 0.29) is 0 Å². The smallest absolute Gasteiger partial charge is 0.150 e. The van der Waals surface area contributed by atoms with Crippen molar-refractivity contribution in [1.29, 1.82) is 0 Å². The first-order chi connectivity index (χ1) is 8.20. The number of hydrogen-bond donors (Lipinski definition) is 2. The van der Waals surface area contributed by atoms with E-state index < -0.39 is 0 Å². The molecule has 1 aromatic carbocycles. The van der Waals surface area contributed by atoms with Crippen molar-refractivity contribution in [3.8, 4) is 5.75 Å². The second-order valence-corrected chi connectivity index (χ2v) is 4.55. The molecule has 0 spiro atoms. The van der Waals surface area contributed by atoms with Crippen molar-refractivity contribution in [3.05, 3.63) is 34.5 Å². The summed E-state index contributed by atoms with van der Waals surface area (Å²) < 4.78 is 9.36. The number of hydrazine groups is 1. The lowest BCUT2D eigenvalue weighted by molar-refractivity contribution is 0.301. The van der Waals surface area contributed by atoms with Crippen molar-refractivity contribution in [3.63, 3.8) is 0 Å². The molecule has 0 saturated heterocycles. The summed E-state index contributed by atoms with van der Waals surface area (Å²) in [6.45, 7) is 2.24. The van der Waals surface area contributed by atoms with Crippen molar-refractivity contribution in [2.45, 2.75) is 13.5 Å². The molecule has 0 atom stereocenters. The average molecular weight is 271 g/mol. The fourth-order valence-corrected chi connectivity index (χ4v) is 1.87. The zero-order valence-electron chi connectivity index (χ0n) is 9.11. The minimum Gasteiger partial charge on any atom is -0.487 e. The maximum atomic E-state index is 5.93. The van der Waals surface area contributed by atoms with Gasteiger partial charge in [-0.05, 0) is 30.7 Å². The Morgan fingerprint density at radius 1 is 1.53 bits per heavy atom. The van der Waals surface area contributed by atoms with Crippen molar-refractivity contribution in [1.82, 2.24) is 9.59 Å². The number of anilines is 1. The molecule has 0 saturated carbocycles. The highest BCUT2D eigenvalue weighted by Crippen LogP contribution is 2.23. The molecule has 0 unspecified atom stereocenters. The summed E-state index contributed by atoms with van der Waals surface area (Å²) in [5.41, 5.74) is 4.18. The van der Waals surface area contributed by atoms with Gasteiger partial charge in [0.1, 0.15) is 18.1 Å². The number of ether oxygens (including phenoxy) is 1. The second-order valence-electron chi connectivity index (χ2n) is 3.39. The lowest BCUT2D eigenvalue weighted by Crippen LogP contribution is -2.08. The minimum absolute atomic E-state index is 0.317. The normalized spacial score (nSPS) is 10.3. The molecule has 0 radical (unpaired) electrons. The monoisotopic (exact) mass is 270 g/mol. The topological polar surface area (TPSA) is 73.1 Å². The number of halogens is 1. The molecule has 7 heteroatoms. The molecule has 0 fully saturated rings. The predicted molar refractivity (Wildman–Crippen MR) is 68.2 cm³/mol. The molecule has 5 nitrogen and oxygen atoms in total. The first kappa shape index (κ1) is 12.1. The quantitative estimate of drug-likeness (QED) is 0.659. The van der Waals surface area contributed by atoms with Crippen molar-refractivity contribution in [2.75, 3.05) is 5.43 Å². The Balaban J connectivity index is 2.05. The number of rotatable bonds is 4. The van der Waals surface area contributed by atoms with Gasteiger partial charge in [-0.2, -0.15) is 0 Å². The van der Waals surface area contributed by atoms with Gasteiger partial charge < -0.3 is 10.2 Å². The van der Waals surface area contributed by atoms with Crippen LogP contribution in [0.5, 0.6) is 5.75 Å². The van der Waals surface area contributed by atoms with Crippen LogP contribution >= 0.6 is 23.1 Å². The Morgan fingerprint density at radius 3 is 3.06 bits per heavy atom. The van der Waals surface area contributed by atoms with Crippen LogP contribution in [0, 0.1) is 6.92 Å². The molecule has 2 rings (SSSR count). The highest BCUT2D eigenvalue weighted by molar-refractivity contribution is 7.10. The van der Waals surface area contributed by atoms with E-state index in [0.717, 1.165) is 16.3 Å². The SMILES string of the molecule is Cc1cc(OCc2nnsc2NN)ccc1Cl. The maximum Gasteiger partial charge on any atom is 0.150 e. The molecular weight excluding hydrogens is 260 g/mol. The Kier molecular flexibility index (Phi) is 3.78. The predicted octanol–water partition coefficient (Wildman–Crippen LogP) is 2.36. The van der Waals surface area contributed by atoms with Gasteiger partial charge in [-0.15, -0.1) is 5.10 Å². The van der Waals surface area contributed by atoms with Crippen molar-refractivity contribution >= 4 is 28.1 Å². The van der Waals surface area contributed by atoms with E-state index in [2.05, 4.69) is 15.0 Å². The number of nitrogen functional groups attached to an aromatic ring is 1. The number of nitrogens with one attached hydrogen (secondary N) is 1. The second kappa shape index (κ2) is 5.31. The molecule has 3 N–H and O–H groups in total. The van der Waals surface area contributed by atoms with Gasteiger partial charge in [0, 0.05) is 16.6 Å². The first-order valence-corrected chi connectivity index (χ1v) is 6.02. The lowest BCUT2D eigenvalue weighted by atomic mass is 10.2. The van der Waals surface area contributed by atoms with Crippen LogP contribution in [0.3, 0.4) is 0 Å². The van der Waals surface area contributed by atoms with Crippen LogP contribution in [0.2, 0.25) is 5.02 Å². The molecule has 0 aliphatic carbocycles. The fourth-order valence-electron chi connectivity index (χ4n) is 1.27. The minimum atomic E-state index is 0.317. The van der Waals surface area contributed by atoms with Crippen molar-refractivity contribution < 1.29 is 4.74 Å². The van der Waals surface area contributed by atoms with Crippen LogP contribution in [0.25, 0.3) is 0 Å². The van der Waals surface area contributed by atoms with Crippen LogP contribution < -0.4 is 16.0 Å². The molecular formula is C10H11ClN4OS. The number of hydrogen-bond acceptors (Lipinski definition) is 6.